The van der Waals surface area contributed by atoms with Crippen LogP contribution >= 0.6 is 11.6 Å². The van der Waals surface area contributed by atoms with Crippen molar-refractivity contribution in [1.29, 1.82) is 0 Å². The molecule has 254 valence electrons. The molecule has 0 spiro atoms. The van der Waals surface area contributed by atoms with Gasteiger partial charge in [0.25, 0.3) is 0 Å². The Hall–Kier alpha value is -3.58. The zero-order chi connectivity index (χ0) is 34.8. The van der Waals surface area contributed by atoms with Gasteiger partial charge in [-0.25, -0.2) is 8.42 Å². The molecular formula is C33H38ClF3N4O5S. The van der Waals surface area contributed by atoms with E-state index < -0.39 is 55.9 Å². The van der Waals surface area contributed by atoms with E-state index in [1.165, 1.54) is 0 Å². The molecule has 4 rings (SSSR count). The van der Waals surface area contributed by atoms with Crippen LogP contribution in [0.1, 0.15) is 87.6 Å². The summed E-state index contributed by atoms with van der Waals surface area (Å²) in [5.41, 5.74) is 0.501. The molecule has 0 atom stereocenters. The number of aromatic nitrogens is 3. The monoisotopic (exact) mass is 694 g/mol. The molecule has 0 unspecified atom stereocenters. The number of hydrogen-bond donors (Lipinski definition) is 1. The Bertz CT molecular complexity index is 1720. The number of carbonyl (C=O) groups excluding carboxylic acids is 2. The van der Waals surface area contributed by atoms with Crippen LogP contribution in [0.4, 0.5) is 19.1 Å². The molecular weight excluding hydrogens is 657 g/mol. The highest BCUT2D eigenvalue weighted by Gasteiger charge is 2.45. The van der Waals surface area contributed by atoms with Crippen molar-refractivity contribution in [3.63, 3.8) is 0 Å². The lowest BCUT2D eigenvalue weighted by Gasteiger charge is -2.25. The van der Waals surface area contributed by atoms with Crippen LogP contribution in [0.15, 0.2) is 48.5 Å². The molecule has 1 aromatic heterocycles. The van der Waals surface area contributed by atoms with Crippen LogP contribution in [0, 0.1) is 5.41 Å². The van der Waals surface area contributed by atoms with Gasteiger partial charge in [0, 0.05) is 28.8 Å². The summed E-state index contributed by atoms with van der Waals surface area (Å²) in [6, 6.07) is 13.4. The molecule has 1 heterocycles. The average molecular weight is 695 g/mol. The summed E-state index contributed by atoms with van der Waals surface area (Å²) in [4.78, 5) is 38.4. The Morgan fingerprint density at radius 2 is 1.55 bits per heavy atom. The number of nitrogens with zero attached hydrogens (tertiary/aromatic N) is 3. The van der Waals surface area contributed by atoms with E-state index in [9.17, 15) is 31.2 Å². The highest BCUT2D eigenvalue weighted by atomic mass is 35.5. The summed E-state index contributed by atoms with van der Waals surface area (Å²) in [6.45, 7) is 6.32. The fourth-order valence-corrected chi connectivity index (χ4v) is 5.92. The third-order valence-electron chi connectivity index (χ3n) is 8.15. The Morgan fingerprint density at radius 3 is 2.11 bits per heavy atom. The smallest absolute Gasteiger partial charge is 0.422 e. The van der Waals surface area contributed by atoms with Crippen molar-refractivity contribution in [3.05, 3.63) is 76.1 Å². The molecule has 9 nitrogen and oxygen atoms in total. The molecule has 0 bridgehead atoms. The van der Waals surface area contributed by atoms with Gasteiger partial charge in [0.05, 0.1) is 10.3 Å². The first-order valence-corrected chi connectivity index (χ1v) is 17.1. The second kappa shape index (κ2) is 13.5. The Labute approximate surface area is 277 Å². The van der Waals surface area contributed by atoms with E-state index in [1.807, 2.05) is 12.1 Å². The number of carbonyl (C=O) groups is 2. The minimum atomic E-state index is -4.59. The first kappa shape index (κ1) is 36.3. The van der Waals surface area contributed by atoms with Crippen LogP contribution in [0.3, 0.4) is 0 Å². The fourth-order valence-electron chi connectivity index (χ4n) is 4.62. The number of benzene rings is 2. The Balaban J connectivity index is 1.45. The van der Waals surface area contributed by atoms with Gasteiger partial charge in [-0.3, -0.25) is 9.59 Å². The molecule has 1 fully saturated rings. The number of Topliss-reactive ketones (excluding diaryl/α,β-unsaturated/α-hetero) is 2. The molecule has 2 aromatic carbocycles. The topological polar surface area (TPSA) is 128 Å². The number of ether oxygens (including phenoxy) is 1. The van der Waals surface area contributed by atoms with Gasteiger partial charge < -0.3 is 10.1 Å². The van der Waals surface area contributed by atoms with Crippen molar-refractivity contribution in [1.82, 2.24) is 15.0 Å². The molecule has 0 saturated heterocycles. The number of alkyl halides is 3. The normalized spacial score (nSPS) is 14.8. The molecule has 1 N–H and O–H groups in total. The SMILES string of the molecule is CC(C)(CCC(=O)c1ccc(Cc2nc(NC3(c4ccc(Cl)cc4)CC3)nc(OCC(F)(F)F)n2)cc1)C(=O)CS(=O)(=O)C(C)(C)C. The largest absolute Gasteiger partial charge is 0.454 e. The average Bonchev–Trinajstić information content (AvgIpc) is 3.74. The van der Waals surface area contributed by atoms with E-state index in [4.69, 9.17) is 16.3 Å². The number of ketones is 2. The third kappa shape index (κ3) is 9.72. The van der Waals surface area contributed by atoms with Crippen LogP contribution in [-0.2, 0) is 26.6 Å². The first-order valence-electron chi connectivity index (χ1n) is 15.0. The molecule has 0 radical (unpaired) electrons. The van der Waals surface area contributed by atoms with Gasteiger partial charge in [-0.05, 0) is 63.3 Å². The molecule has 3 aromatic rings. The van der Waals surface area contributed by atoms with Crippen LogP contribution in [0.2, 0.25) is 5.02 Å². The van der Waals surface area contributed by atoms with E-state index in [-0.39, 0.29) is 36.8 Å². The quantitative estimate of drug-likeness (QED) is 0.179. The van der Waals surface area contributed by atoms with E-state index >= 15 is 0 Å². The summed E-state index contributed by atoms with van der Waals surface area (Å²) >= 11 is 6.02. The Kier molecular flexibility index (Phi) is 10.4. The van der Waals surface area contributed by atoms with Gasteiger partial charge in [0.1, 0.15) is 11.6 Å². The number of hydrogen-bond acceptors (Lipinski definition) is 9. The molecule has 0 aliphatic heterocycles. The molecule has 14 heteroatoms. The highest BCUT2D eigenvalue weighted by molar-refractivity contribution is 7.93. The molecule has 1 aliphatic carbocycles. The van der Waals surface area contributed by atoms with Gasteiger partial charge in [-0.1, -0.05) is 61.8 Å². The summed E-state index contributed by atoms with van der Waals surface area (Å²) in [7, 11) is -3.65. The van der Waals surface area contributed by atoms with Crippen molar-refractivity contribution >= 4 is 39.0 Å². The predicted octanol–water partition coefficient (Wildman–Crippen LogP) is 6.93. The van der Waals surface area contributed by atoms with Gasteiger partial charge >= 0.3 is 12.2 Å². The summed E-state index contributed by atoms with van der Waals surface area (Å²) < 4.78 is 67.5. The Morgan fingerprint density at radius 1 is 0.936 bits per heavy atom. The van der Waals surface area contributed by atoms with Crippen molar-refractivity contribution in [3.8, 4) is 6.01 Å². The molecule has 1 aliphatic rings. The number of halogens is 4. The third-order valence-corrected chi connectivity index (χ3v) is 10.9. The second-order valence-electron chi connectivity index (χ2n) is 13.5. The van der Waals surface area contributed by atoms with E-state index in [2.05, 4.69) is 20.3 Å². The number of rotatable bonds is 14. The molecule has 47 heavy (non-hydrogen) atoms. The van der Waals surface area contributed by atoms with Crippen LogP contribution in [0.5, 0.6) is 6.01 Å². The van der Waals surface area contributed by atoms with Crippen molar-refractivity contribution in [2.75, 3.05) is 17.7 Å². The zero-order valence-electron chi connectivity index (χ0n) is 26.9. The lowest BCUT2D eigenvalue weighted by atomic mass is 9.82. The number of nitrogens with one attached hydrogen (secondary N) is 1. The van der Waals surface area contributed by atoms with Gasteiger partial charge in [0.2, 0.25) is 5.95 Å². The number of anilines is 1. The first-order chi connectivity index (χ1) is 21.7. The van der Waals surface area contributed by atoms with Crippen molar-refractivity contribution in [2.45, 2.75) is 83.2 Å². The highest BCUT2D eigenvalue weighted by Crippen LogP contribution is 2.48. The predicted molar refractivity (Wildman–Crippen MR) is 173 cm³/mol. The van der Waals surface area contributed by atoms with Crippen LogP contribution < -0.4 is 10.1 Å². The van der Waals surface area contributed by atoms with Crippen LogP contribution in [0.25, 0.3) is 0 Å². The van der Waals surface area contributed by atoms with E-state index in [0.29, 0.717) is 16.1 Å². The maximum absolute atomic E-state index is 13.0. The maximum Gasteiger partial charge on any atom is 0.422 e. The van der Waals surface area contributed by atoms with Crippen molar-refractivity contribution < 1.29 is 35.9 Å². The molecule has 1 saturated carbocycles. The van der Waals surface area contributed by atoms with Crippen molar-refractivity contribution in [2.24, 2.45) is 5.41 Å². The summed E-state index contributed by atoms with van der Waals surface area (Å²) in [6.07, 6.45) is -2.75. The van der Waals surface area contributed by atoms with Gasteiger partial charge in [0.15, 0.2) is 28.0 Å². The fraction of sp³-hybridized carbons (Fsp3) is 0.485. The van der Waals surface area contributed by atoms with E-state index in [1.54, 1.807) is 71.0 Å². The van der Waals surface area contributed by atoms with Crippen LogP contribution in [-0.4, -0.2) is 58.2 Å². The maximum atomic E-state index is 13.0. The molecule has 0 amide bonds. The minimum absolute atomic E-state index is 0.0332. The van der Waals surface area contributed by atoms with Gasteiger partial charge in [-0.2, -0.15) is 28.1 Å². The second-order valence-corrected chi connectivity index (χ2v) is 16.6. The lowest BCUT2D eigenvalue weighted by molar-refractivity contribution is -0.154. The van der Waals surface area contributed by atoms with Gasteiger partial charge in [-0.15, -0.1) is 0 Å². The minimum Gasteiger partial charge on any atom is -0.454 e. The number of sulfone groups is 1. The summed E-state index contributed by atoms with van der Waals surface area (Å²) in [5, 5.41) is 3.81. The zero-order valence-corrected chi connectivity index (χ0v) is 28.4. The standard InChI is InChI=1S/C33H38ClF3N4O5S/c1-30(2,3)47(44,45)19-26(43)31(4,5)15-14-25(42)22-8-6-21(7-9-22)18-27-38-28(40-29(39-27)46-20-33(35,36)37)41-32(16-17-32)23-10-12-24(34)13-11-23/h6-13H,14-20H2,1-5H3,(H,38,39,40,41). The van der Waals surface area contributed by atoms with E-state index in [0.717, 1.165) is 18.4 Å². The summed E-state index contributed by atoms with van der Waals surface area (Å²) in [5.74, 6) is -1.02. The lowest BCUT2D eigenvalue weighted by Crippen LogP contribution is -2.38.